The van der Waals surface area contributed by atoms with Gasteiger partial charge in [0, 0.05) is 32.3 Å². The van der Waals surface area contributed by atoms with E-state index in [-0.39, 0.29) is 12.3 Å². The number of hydrogen-bond acceptors (Lipinski definition) is 2. The van der Waals surface area contributed by atoms with Gasteiger partial charge in [0.25, 0.3) is 0 Å². The topological polar surface area (TPSA) is 81.6 Å². The van der Waals surface area contributed by atoms with Gasteiger partial charge in [-0.2, -0.15) is 0 Å². The highest BCUT2D eigenvalue weighted by Crippen LogP contribution is 2.25. The van der Waals surface area contributed by atoms with Gasteiger partial charge in [-0.15, -0.1) is 0 Å². The highest BCUT2D eigenvalue weighted by molar-refractivity contribution is 6.09. The monoisotopic (exact) mass is 250 g/mol. The van der Waals surface area contributed by atoms with Gasteiger partial charge in [-0.05, 0) is 17.7 Å². The minimum Gasteiger partial charge on any atom is -0.354 e. The SMILES string of the molecule is [N-]=[N+]=NCC(=O)c1ccc2c(c1)[nH]c1ccccc12. The Labute approximate surface area is 108 Å². The predicted molar refractivity (Wildman–Crippen MR) is 74.1 cm³/mol. The Kier molecular flexibility index (Phi) is 2.67. The molecule has 5 nitrogen and oxygen atoms in total. The Morgan fingerprint density at radius 3 is 2.79 bits per heavy atom. The average Bonchev–Trinajstić information content (AvgIpc) is 2.82. The molecule has 1 aromatic heterocycles. The second-order valence-electron chi connectivity index (χ2n) is 4.24. The van der Waals surface area contributed by atoms with Gasteiger partial charge >= 0.3 is 0 Å². The third-order valence-electron chi connectivity index (χ3n) is 3.11. The molecule has 0 aliphatic carbocycles. The number of Topliss-reactive ketones (excluding diaryl/α,β-unsaturated/α-hetero) is 1. The van der Waals surface area contributed by atoms with Crippen LogP contribution in [-0.4, -0.2) is 17.3 Å². The summed E-state index contributed by atoms with van der Waals surface area (Å²) in [7, 11) is 0. The molecule has 0 spiro atoms. The molecule has 0 fully saturated rings. The van der Waals surface area contributed by atoms with Gasteiger partial charge in [-0.25, -0.2) is 0 Å². The summed E-state index contributed by atoms with van der Waals surface area (Å²) >= 11 is 0. The second-order valence-corrected chi connectivity index (χ2v) is 4.24. The number of rotatable bonds is 3. The van der Waals surface area contributed by atoms with E-state index in [0.29, 0.717) is 5.56 Å². The molecular weight excluding hydrogens is 240 g/mol. The fourth-order valence-electron chi connectivity index (χ4n) is 2.22. The van der Waals surface area contributed by atoms with Crippen LogP contribution in [0, 0.1) is 0 Å². The molecule has 0 bridgehead atoms. The van der Waals surface area contributed by atoms with E-state index in [1.54, 1.807) is 12.1 Å². The highest BCUT2D eigenvalue weighted by atomic mass is 16.1. The van der Waals surface area contributed by atoms with E-state index in [1.807, 2.05) is 30.3 Å². The quantitative estimate of drug-likeness (QED) is 0.326. The molecule has 1 heterocycles. The maximum atomic E-state index is 11.8. The van der Waals surface area contributed by atoms with Crippen molar-refractivity contribution in [1.29, 1.82) is 0 Å². The van der Waals surface area contributed by atoms with Gasteiger partial charge in [0.1, 0.15) is 0 Å². The Balaban J connectivity index is 2.13. The number of ketones is 1. The molecular formula is C14H10N4O. The molecule has 0 saturated heterocycles. The van der Waals surface area contributed by atoms with Crippen molar-refractivity contribution >= 4 is 27.6 Å². The van der Waals surface area contributed by atoms with E-state index >= 15 is 0 Å². The summed E-state index contributed by atoms with van der Waals surface area (Å²) in [5, 5.41) is 5.50. The molecule has 0 unspecified atom stereocenters. The molecule has 0 saturated carbocycles. The molecule has 0 aliphatic heterocycles. The second kappa shape index (κ2) is 4.48. The lowest BCUT2D eigenvalue weighted by Gasteiger charge is -1.97. The van der Waals surface area contributed by atoms with Crippen molar-refractivity contribution in [2.24, 2.45) is 5.11 Å². The number of para-hydroxylation sites is 1. The van der Waals surface area contributed by atoms with E-state index in [0.717, 1.165) is 21.8 Å². The Hall–Kier alpha value is -2.78. The van der Waals surface area contributed by atoms with E-state index in [9.17, 15) is 4.79 Å². The molecule has 0 aliphatic rings. The number of aromatic nitrogens is 1. The van der Waals surface area contributed by atoms with Crippen molar-refractivity contribution in [1.82, 2.24) is 4.98 Å². The minimum absolute atomic E-state index is 0.151. The lowest BCUT2D eigenvalue weighted by Crippen LogP contribution is -2.02. The minimum atomic E-state index is -0.182. The van der Waals surface area contributed by atoms with E-state index in [1.165, 1.54) is 0 Å². The first-order chi connectivity index (χ1) is 9.29. The lowest BCUT2D eigenvalue weighted by atomic mass is 10.1. The fourth-order valence-corrected chi connectivity index (χ4v) is 2.22. The maximum absolute atomic E-state index is 11.8. The number of nitrogens with one attached hydrogen (secondary N) is 1. The van der Waals surface area contributed by atoms with Gasteiger partial charge in [0.2, 0.25) is 0 Å². The van der Waals surface area contributed by atoms with Crippen LogP contribution < -0.4 is 0 Å². The first-order valence-electron chi connectivity index (χ1n) is 5.84. The molecule has 2 aromatic carbocycles. The molecule has 19 heavy (non-hydrogen) atoms. The zero-order valence-corrected chi connectivity index (χ0v) is 10.00. The first-order valence-corrected chi connectivity index (χ1v) is 5.84. The highest BCUT2D eigenvalue weighted by Gasteiger charge is 2.08. The van der Waals surface area contributed by atoms with Crippen LogP contribution in [0.1, 0.15) is 10.4 Å². The molecule has 92 valence electrons. The summed E-state index contributed by atoms with van der Waals surface area (Å²) in [4.78, 5) is 17.7. The number of carbonyl (C=O) groups excluding carboxylic acids is 1. The van der Waals surface area contributed by atoms with Gasteiger partial charge in [0.05, 0.1) is 6.54 Å². The van der Waals surface area contributed by atoms with Crippen LogP contribution in [-0.2, 0) is 0 Å². The fraction of sp³-hybridized carbons (Fsp3) is 0.0714. The lowest BCUT2D eigenvalue weighted by molar-refractivity contribution is 0.100. The van der Waals surface area contributed by atoms with Crippen molar-refractivity contribution < 1.29 is 4.79 Å². The largest absolute Gasteiger partial charge is 0.354 e. The Morgan fingerprint density at radius 1 is 1.16 bits per heavy atom. The van der Waals surface area contributed by atoms with Crippen molar-refractivity contribution in [3.05, 3.63) is 58.5 Å². The normalized spacial score (nSPS) is 10.5. The standard InChI is InChI=1S/C14H10N4O/c15-18-16-8-14(19)9-5-6-11-10-3-1-2-4-12(10)17-13(11)7-9/h1-7,17H,8H2. The Bertz CT molecular complexity index is 828. The molecule has 3 rings (SSSR count). The van der Waals surface area contributed by atoms with Crippen LogP contribution in [0.4, 0.5) is 0 Å². The van der Waals surface area contributed by atoms with Crippen molar-refractivity contribution in [3.8, 4) is 0 Å². The number of aromatic amines is 1. The van der Waals surface area contributed by atoms with Crippen molar-refractivity contribution in [3.63, 3.8) is 0 Å². The molecule has 3 aromatic rings. The third-order valence-corrected chi connectivity index (χ3v) is 3.11. The van der Waals surface area contributed by atoms with E-state index in [4.69, 9.17) is 5.53 Å². The molecule has 0 amide bonds. The summed E-state index contributed by atoms with van der Waals surface area (Å²) in [6.07, 6.45) is 0. The van der Waals surface area contributed by atoms with Gasteiger partial charge in [-0.3, -0.25) is 4.79 Å². The van der Waals surface area contributed by atoms with Gasteiger partial charge in [0.15, 0.2) is 5.78 Å². The number of H-pyrrole nitrogens is 1. The van der Waals surface area contributed by atoms with Crippen LogP contribution in [0.2, 0.25) is 0 Å². The van der Waals surface area contributed by atoms with E-state index < -0.39 is 0 Å². The van der Waals surface area contributed by atoms with Crippen LogP contribution in [0.5, 0.6) is 0 Å². The molecule has 5 heteroatoms. The summed E-state index contributed by atoms with van der Waals surface area (Å²) in [5.41, 5.74) is 10.7. The zero-order valence-electron chi connectivity index (χ0n) is 10.00. The summed E-state index contributed by atoms with van der Waals surface area (Å²) in [6, 6.07) is 13.5. The Morgan fingerprint density at radius 2 is 1.95 bits per heavy atom. The van der Waals surface area contributed by atoms with E-state index in [2.05, 4.69) is 15.0 Å². The number of carbonyl (C=O) groups is 1. The average molecular weight is 250 g/mol. The van der Waals surface area contributed by atoms with Crippen LogP contribution >= 0.6 is 0 Å². The summed E-state index contributed by atoms with van der Waals surface area (Å²) < 4.78 is 0. The van der Waals surface area contributed by atoms with Crippen molar-refractivity contribution in [2.45, 2.75) is 0 Å². The van der Waals surface area contributed by atoms with Gasteiger partial charge < -0.3 is 4.98 Å². The van der Waals surface area contributed by atoms with Crippen LogP contribution in [0.25, 0.3) is 32.2 Å². The summed E-state index contributed by atoms with van der Waals surface area (Å²) in [6.45, 7) is -0.151. The summed E-state index contributed by atoms with van der Waals surface area (Å²) in [5.74, 6) is -0.182. The van der Waals surface area contributed by atoms with Crippen molar-refractivity contribution in [2.75, 3.05) is 6.54 Å². The number of nitrogens with zero attached hydrogens (tertiary/aromatic N) is 3. The van der Waals surface area contributed by atoms with Crippen LogP contribution in [0.15, 0.2) is 47.6 Å². The predicted octanol–water partition coefficient (Wildman–Crippen LogP) is 3.81. The van der Waals surface area contributed by atoms with Crippen LogP contribution in [0.3, 0.4) is 0 Å². The molecule has 0 radical (unpaired) electrons. The number of benzene rings is 2. The maximum Gasteiger partial charge on any atom is 0.168 e. The number of azide groups is 1. The van der Waals surface area contributed by atoms with Gasteiger partial charge in [-0.1, -0.05) is 35.4 Å². The molecule has 0 atom stereocenters. The zero-order chi connectivity index (χ0) is 13.2. The first kappa shape index (κ1) is 11.3. The smallest absolute Gasteiger partial charge is 0.168 e. The number of fused-ring (bicyclic) bond motifs is 3. The number of hydrogen-bond donors (Lipinski definition) is 1. The molecule has 1 N–H and O–H groups in total. The third kappa shape index (κ3) is 1.92.